The Hall–Kier alpha value is -2.58. The summed E-state index contributed by atoms with van der Waals surface area (Å²) in [5.41, 5.74) is -0.790. The van der Waals surface area contributed by atoms with Crippen LogP contribution in [0.15, 0.2) is 24.4 Å². The molecule has 2 fully saturated rings. The Morgan fingerprint density at radius 2 is 2.07 bits per heavy atom. The Kier molecular flexibility index (Phi) is 4.35. The zero-order valence-corrected chi connectivity index (χ0v) is 15.9. The largest absolute Gasteiger partial charge is 0.384 e. The lowest BCUT2D eigenvalue weighted by Gasteiger charge is -2.47. The van der Waals surface area contributed by atoms with Gasteiger partial charge >= 0.3 is 6.03 Å². The number of benzene rings is 1. The number of halogens is 1. The van der Waals surface area contributed by atoms with E-state index in [1.165, 1.54) is 11.1 Å². The first-order valence-electron chi connectivity index (χ1n) is 9.36. The van der Waals surface area contributed by atoms with Crippen molar-refractivity contribution in [3.63, 3.8) is 0 Å². The molecule has 0 aliphatic carbocycles. The third-order valence-corrected chi connectivity index (χ3v) is 5.95. The predicted octanol–water partition coefficient (Wildman–Crippen LogP) is 2.03. The average molecular weight is 386 g/mol. The zero-order chi connectivity index (χ0) is 20.1. The molecule has 28 heavy (non-hydrogen) atoms. The molecule has 0 spiro atoms. The van der Waals surface area contributed by atoms with Crippen molar-refractivity contribution in [3.05, 3.63) is 35.8 Å². The molecule has 0 bridgehead atoms. The number of carbonyl (C=O) groups excluding carboxylic acids is 2. The van der Waals surface area contributed by atoms with Crippen LogP contribution in [-0.4, -0.2) is 41.7 Å². The van der Waals surface area contributed by atoms with E-state index in [0.717, 1.165) is 0 Å². The Morgan fingerprint density at radius 3 is 2.79 bits per heavy atom. The number of hydrogen-bond acceptors (Lipinski definition) is 5. The minimum Gasteiger partial charge on any atom is -0.384 e. The van der Waals surface area contributed by atoms with Gasteiger partial charge in [0.15, 0.2) is 0 Å². The number of nitrogens with zero attached hydrogens (tertiary/aromatic N) is 2. The van der Waals surface area contributed by atoms with Gasteiger partial charge in [0, 0.05) is 35.9 Å². The number of rotatable bonds is 2. The molecule has 1 aromatic heterocycles. The van der Waals surface area contributed by atoms with Crippen molar-refractivity contribution < 1.29 is 19.1 Å². The number of carbonyl (C=O) groups is 2. The molecule has 2 aliphatic rings. The fourth-order valence-corrected chi connectivity index (χ4v) is 4.08. The molecule has 2 saturated heterocycles. The van der Waals surface area contributed by atoms with Crippen molar-refractivity contribution in [3.8, 4) is 0 Å². The van der Waals surface area contributed by atoms with Gasteiger partial charge in [-0.1, -0.05) is 19.9 Å². The van der Waals surface area contributed by atoms with E-state index in [1.807, 2.05) is 13.8 Å². The van der Waals surface area contributed by atoms with Crippen LogP contribution in [-0.2, 0) is 10.4 Å². The first-order valence-corrected chi connectivity index (χ1v) is 9.36. The van der Waals surface area contributed by atoms with Crippen molar-refractivity contribution in [1.82, 2.24) is 15.6 Å². The van der Waals surface area contributed by atoms with Crippen molar-refractivity contribution in [2.75, 3.05) is 24.5 Å². The predicted molar refractivity (Wildman–Crippen MR) is 102 cm³/mol. The van der Waals surface area contributed by atoms with E-state index in [1.54, 1.807) is 18.2 Å². The molecule has 8 heteroatoms. The molecular weight excluding hydrogens is 363 g/mol. The molecule has 0 radical (unpaired) electrons. The summed E-state index contributed by atoms with van der Waals surface area (Å²) in [5.74, 6) is -0.864. The highest BCUT2D eigenvalue weighted by Crippen LogP contribution is 2.45. The first-order chi connectivity index (χ1) is 13.2. The van der Waals surface area contributed by atoms with Gasteiger partial charge in [-0.25, -0.2) is 9.18 Å². The number of piperidine rings is 1. The number of fused-ring (bicyclic) bond motifs is 1. The summed E-state index contributed by atoms with van der Waals surface area (Å²) in [5, 5.41) is 17.1. The van der Waals surface area contributed by atoms with Gasteiger partial charge in [0.2, 0.25) is 5.91 Å². The highest BCUT2D eigenvalue weighted by Gasteiger charge is 2.48. The van der Waals surface area contributed by atoms with Crippen LogP contribution >= 0.6 is 0 Å². The quantitative estimate of drug-likeness (QED) is 0.734. The topological polar surface area (TPSA) is 94.6 Å². The molecule has 148 valence electrons. The van der Waals surface area contributed by atoms with Crippen LogP contribution in [0.5, 0.6) is 0 Å². The van der Waals surface area contributed by atoms with Crippen molar-refractivity contribution >= 4 is 28.5 Å². The third kappa shape index (κ3) is 2.84. The zero-order valence-electron chi connectivity index (χ0n) is 15.9. The minimum atomic E-state index is -1.32. The van der Waals surface area contributed by atoms with Crippen LogP contribution in [0.3, 0.4) is 0 Å². The van der Waals surface area contributed by atoms with Gasteiger partial charge in [0.05, 0.1) is 23.0 Å². The van der Waals surface area contributed by atoms with Crippen LogP contribution in [0.1, 0.15) is 32.3 Å². The normalized spacial score (nSPS) is 25.1. The van der Waals surface area contributed by atoms with Gasteiger partial charge in [-0.3, -0.25) is 20.0 Å². The molecule has 1 atom stereocenters. The molecule has 3 N–H and O–H groups in total. The second kappa shape index (κ2) is 6.49. The number of urea groups is 1. The number of nitrogens with one attached hydrogen (secondary N) is 2. The smallest absolute Gasteiger partial charge is 0.328 e. The van der Waals surface area contributed by atoms with Gasteiger partial charge in [-0.2, -0.15) is 0 Å². The Morgan fingerprint density at radius 1 is 1.29 bits per heavy atom. The van der Waals surface area contributed by atoms with E-state index in [2.05, 4.69) is 15.6 Å². The van der Waals surface area contributed by atoms with E-state index in [-0.39, 0.29) is 29.8 Å². The molecule has 1 aromatic carbocycles. The molecule has 1 unspecified atom stereocenters. The molecule has 2 aliphatic heterocycles. The molecule has 2 aromatic rings. The summed E-state index contributed by atoms with van der Waals surface area (Å²) >= 11 is 0. The molecule has 0 saturated carbocycles. The van der Waals surface area contributed by atoms with E-state index in [4.69, 9.17) is 0 Å². The molecule has 7 nitrogen and oxygen atoms in total. The summed E-state index contributed by atoms with van der Waals surface area (Å²) < 4.78 is 15.6. The summed E-state index contributed by atoms with van der Waals surface area (Å²) in [7, 11) is 0. The average Bonchev–Trinajstić information content (AvgIpc) is 2.64. The Balaban J connectivity index is 1.80. The number of aliphatic hydroxyl groups is 1. The van der Waals surface area contributed by atoms with Gasteiger partial charge < -0.3 is 10.4 Å². The molecular formula is C20H23FN4O3. The Labute approximate surface area is 161 Å². The van der Waals surface area contributed by atoms with E-state index >= 15 is 4.39 Å². The number of anilines is 1. The van der Waals surface area contributed by atoms with Gasteiger partial charge in [-0.05, 0) is 25.1 Å². The van der Waals surface area contributed by atoms with Crippen LogP contribution < -0.4 is 15.5 Å². The van der Waals surface area contributed by atoms with Crippen LogP contribution in [0.4, 0.5) is 14.9 Å². The van der Waals surface area contributed by atoms with Crippen molar-refractivity contribution in [2.45, 2.75) is 32.3 Å². The summed E-state index contributed by atoms with van der Waals surface area (Å²) in [6.45, 7) is 5.19. The Bertz CT molecular complexity index is 977. The van der Waals surface area contributed by atoms with Crippen LogP contribution in [0.2, 0.25) is 0 Å². The molecule has 4 rings (SSSR count). The lowest BCUT2D eigenvalue weighted by atomic mass is 9.67. The lowest BCUT2D eigenvalue weighted by Crippen LogP contribution is -2.54. The second-order valence-electron chi connectivity index (χ2n) is 8.11. The molecule has 3 amide bonds. The van der Waals surface area contributed by atoms with Gasteiger partial charge in [-0.15, -0.1) is 0 Å². The first kappa shape index (κ1) is 18.8. The maximum absolute atomic E-state index is 15.6. The highest BCUT2D eigenvalue weighted by atomic mass is 19.1. The fraction of sp³-hybridized carbons (Fsp3) is 0.450. The standard InChI is InChI=1S/C20H23FN4O3/c1-19(2)11-22-7-6-20(19,28)14-3-4-15-13(17(14)21)9-12(10-23-15)25-8-5-16(26)24-18(25)27/h3-4,9-10,22,28H,5-8,11H2,1-2H3,(H,24,26,27). The maximum atomic E-state index is 15.6. The second-order valence-corrected chi connectivity index (χ2v) is 8.11. The van der Waals surface area contributed by atoms with Crippen LogP contribution in [0.25, 0.3) is 10.9 Å². The SMILES string of the molecule is CC1(C)CNCCC1(O)c1ccc2ncc(N3CCC(=O)NC3=O)cc2c1F. The van der Waals surface area contributed by atoms with E-state index < -0.39 is 22.9 Å². The van der Waals surface area contributed by atoms with Crippen molar-refractivity contribution in [1.29, 1.82) is 0 Å². The summed E-state index contributed by atoms with van der Waals surface area (Å²) in [4.78, 5) is 29.1. The fourth-order valence-electron chi connectivity index (χ4n) is 4.08. The van der Waals surface area contributed by atoms with E-state index in [9.17, 15) is 14.7 Å². The number of aromatic nitrogens is 1. The third-order valence-electron chi connectivity index (χ3n) is 5.95. The summed E-state index contributed by atoms with van der Waals surface area (Å²) in [6.07, 6.45) is 2.05. The number of imide groups is 1. The summed E-state index contributed by atoms with van der Waals surface area (Å²) in [6, 6.07) is 4.29. The van der Waals surface area contributed by atoms with Crippen molar-refractivity contribution in [2.24, 2.45) is 5.41 Å². The van der Waals surface area contributed by atoms with E-state index in [0.29, 0.717) is 30.7 Å². The lowest BCUT2D eigenvalue weighted by molar-refractivity contribution is -0.120. The number of hydrogen-bond donors (Lipinski definition) is 3. The monoisotopic (exact) mass is 386 g/mol. The number of pyridine rings is 1. The minimum absolute atomic E-state index is 0.174. The van der Waals surface area contributed by atoms with Gasteiger partial charge in [0.25, 0.3) is 0 Å². The number of amides is 3. The highest BCUT2D eigenvalue weighted by molar-refractivity contribution is 6.06. The van der Waals surface area contributed by atoms with Gasteiger partial charge in [0.1, 0.15) is 5.82 Å². The van der Waals surface area contributed by atoms with Crippen LogP contribution in [0, 0.1) is 11.2 Å². The molecule has 3 heterocycles. The maximum Gasteiger partial charge on any atom is 0.328 e.